The number of cyclic esters (lactones) is 1. The van der Waals surface area contributed by atoms with Gasteiger partial charge in [-0.15, -0.1) is 13.2 Å². The molecule has 1 fully saturated rings. The third-order valence-electron chi connectivity index (χ3n) is 4.99. The molecule has 3 heterocycles. The Kier molecular flexibility index (Phi) is 6.86. The number of anilines is 2. The fourth-order valence-electron chi connectivity index (χ4n) is 3.26. The second-order valence-electron chi connectivity index (χ2n) is 7.64. The van der Waals surface area contributed by atoms with Crippen molar-refractivity contribution in [2.45, 2.75) is 38.4 Å². The highest BCUT2D eigenvalue weighted by Crippen LogP contribution is 2.34. The van der Waals surface area contributed by atoms with Crippen LogP contribution in [-0.2, 0) is 4.74 Å². The second kappa shape index (κ2) is 9.73. The number of rotatable bonds is 7. The van der Waals surface area contributed by atoms with Crippen molar-refractivity contribution in [2.24, 2.45) is 0 Å². The van der Waals surface area contributed by atoms with Crippen LogP contribution in [0.2, 0.25) is 5.02 Å². The predicted octanol–water partition coefficient (Wildman–Crippen LogP) is 4.10. The zero-order chi connectivity index (χ0) is 26.2. The van der Waals surface area contributed by atoms with Gasteiger partial charge in [-0.1, -0.05) is 16.8 Å². The maximum absolute atomic E-state index is 14.4. The van der Waals surface area contributed by atoms with Crippen LogP contribution in [0.1, 0.15) is 25.8 Å². The normalized spacial score (nSPS) is 17.6. The number of carbonyl (C=O) groups excluding carboxylic acids is 1. The maximum Gasteiger partial charge on any atom is 0.573 e. The number of nitrogens with one attached hydrogen (secondary N) is 1. The summed E-state index contributed by atoms with van der Waals surface area (Å²) in [5, 5.41) is 16.2. The molecule has 4 rings (SSSR count). The summed E-state index contributed by atoms with van der Waals surface area (Å²) in [7, 11) is 0. The fourth-order valence-corrected chi connectivity index (χ4v) is 3.42. The van der Waals surface area contributed by atoms with Crippen molar-refractivity contribution in [3.05, 3.63) is 41.1 Å². The Morgan fingerprint density at radius 2 is 2.06 bits per heavy atom. The number of aliphatic hydroxyl groups excluding tert-OH is 1. The largest absolute Gasteiger partial charge is 0.573 e. The Bertz CT molecular complexity index is 1270. The van der Waals surface area contributed by atoms with Crippen molar-refractivity contribution in [1.29, 1.82) is 0 Å². The van der Waals surface area contributed by atoms with Crippen molar-refractivity contribution in [3.8, 4) is 17.1 Å². The van der Waals surface area contributed by atoms with Gasteiger partial charge in [-0.25, -0.2) is 19.1 Å². The molecule has 0 saturated carbocycles. The molecule has 192 valence electrons. The molecule has 1 amide bonds. The number of amides is 1. The molecule has 3 atom stereocenters. The first-order chi connectivity index (χ1) is 16.9. The van der Waals surface area contributed by atoms with Crippen LogP contribution in [0.25, 0.3) is 11.4 Å². The minimum atomic E-state index is -4.95. The molecule has 0 radical (unpaired) electrons. The predicted molar refractivity (Wildman–Crippen MR) is 115 cm³/mol. The molecule has 36 heavy (non-hydrogen) atoms. The van der Waals surface area contributed by atoms with E-state index in [9.17, 15) is 27.5 Å². The van der Waals surface area contributed by atoms with Crippen molar-refractivity contribution in [3.63, 3.8) is 0 Å². The molecule has 0 spiro atoms. The Balaban J connectivity index is 1.53. The highest BCUT2D eigenvalue weighted by Gasteiger charge is 2.40. The van der Waals surface area contributed by atoms with Gasteiger partial charge in [-0.05, 0) is 32.0 Å². The van der Waals surface area contributed by atoms with Crippen LogP contribution in [-0.4, -0.2) is 56.4 Å². The Hall–Kier alpha value is -3.72. The van der Waals surface area contributed by atoms with Crippen LogP contribution in [0.15, 0.2) is 28.9 Å². The van der Waals surface area contributed by atoms with E-state index in [1.165, 1.54) is 19.1 Å². The lowest BCUT2D eigenvalue weighted by Gasteiger charge is -2.23. The molecule has 0 unspecified atom stereocenters. The zero-order valence-electron chi connectivity index (χ0n) is 18.5. The van der Waals surface area contributed by atoms with E-state index in [0.29, 0.717) is 0 Å². The summed E-state index contributed by atoms with van der Waals surface area (Å²) >= 11 is 5.76. The molecule has 0 aliphatic carbocycles. The monoisotopic (exact) mass is 532 g/mol. The SMILES string of the molecule is C[C@@H](Nc1ncc(F)c(N2C(=O)OC[C@@H]2[C@@H](C)O)n1)c1nc(-c2ccc(Cl)c(OC(F)(F)F)c2)no1. The van der Waals surface area contributed by atoms with Crippen molar-refractivity contribution in [2.75, 3.05) is 16.8 Å². The summed E-state index contributed by atoms with van der Waals surface area (Å²) in [5.41, 5.74) is 0.137. The highest BCUT2D eigenvalue weighted by atomic mass is 35.5. The van der Waals surface area contributed by atoms with E-state index in [0.717, 1.165) is 17.2 Å². The Labute approximate surface area is 205 Å². The van der Waals surface area contributed by atoms with Gasteiger partial charge in [0, 0.05) is 5.56 Å². The molecule has 0 bridgehead atoms. The maximum atomic E-state index is 14.4. The van der Waals surface area contributed by atoms with E-state index in [1.807, 2.05) is 0 Å². The molecule has 11 nitrogen and oxygen atoms in total. The third-order valence-corrected chi connectivity index (χ3v) is 5.30. The van der Waals surface area contributed by atoms with Crippen LogP contribution in [0.3, 0.4) is 0 Å². The lowest BCUT2D eigenvalue weighted by atomic mass is 10.2. The minimum absolute atomic E-state index is 0.00449. The molecule has 2 N–H and O–H groups in total. The van der Waals surface area contributed by atoms with E-state index in [2.05, 4.69) is 30.2 Å². The van der Waals surface area contributed by atoms with Gasteiger partial charge in [0.15, 0.2) is 11.6 Å². The molecule has 1 saturated heterocycles. The van der Waals surface area contributed by atoms with Crippen molar-refractivity contribution >= 4 is 29.5 Å². The van der Waals surface area contributed by atoms with Gasteiger partial charge in [0.2, 0.25) is 17.7 Å². The number of ether oxygens (including phenoxy) is 2. The van der Waals surface area contributed by atoms with Crippen LogP contribution < -0.4 is 15.0 Å². The van der Waals surface area contributed by atoms with E-state index in [1.54, 1.807) is 6.92 Å². The van der Waals surface area contributed by atoms with E-state index >= 15 is 0 Å². The Morgan fingerprint density at radius 3 is 2.75 bits per heavy atom. The van der Waals surface area contributed by atoms with E-state index in [-0.39, 0.29) is 34.9 Å². The molecule has 2 aromatic heterocycles. The van der Waals surface area contributed by atoms with Gasteiger partial charge in [0.25, 0.3) is 0 Å². The average Bonchev–Trinajstić information content (AvgIpc) is 3.43. The number of hydrogen-bond donors (Lipinski definition) is 2. The first-order valence-corrected chi connectivity index (χ1v) is 10.6. The van der Waals surface area contributed by atoms with Gasteiger partial charge in [0.05, 0.1) is 17.3 Å². The number of halogens is 5. The summed E-state index contributed by atoms with van der Waals surface area (Å²) in [4.78, 5) is 25.0. The van der Waals surface area contributed by atoms with Crippen LogP contribution in [0, 0.1) is 5.82 Å². The molecule has 1 aromatic carbocycles. The van der Waals surface area contributed by atoms with Gasteiger partial charge in [0.1, 0.15) is 24.4 Å². The summed E-state index contributed by atoms with van der Waals surface area (Å²) in [6.07, 6.45) is -6.01. The topological polar surface area (TPSA) is 136 Å². The average molecular weight is 533 g/mol. The summed E-state index contributed by atoms with van der Waals surface area (Å²) < 4.78 is 66.2. The molecule has 1 aliphatic heterocycles. The number of benzene rings is 1. The first kappa shape index (κ1) is 25.4. The van der Waals surface area contributed by atoms with E-state index < -0.39 is 48.0 Å². The lowest BCUT2D eigenvalue weighted by Crippen LogP contribution is -2.42. The number of nitrogens with zero attached hydrogens (tertiary/aromatic N) is 5. The summed E-state index contributed by atoms with van der Waals surface area (Å²) in [6, 6.07) is 1.97. The number of alkyl halides is 3. The number of aromatic nitrogens is 4. The van der Waals surface area contributed by atoms with Gasteiger partial charge < -0.3 is 24.4 Å². The number of aliphatic hydroxyl groups is 1. The van der Waals surface area contributed by atoms with Gasteiger partial charge >= 0.3 is 12.5 Å². The Morgan fingerprint density at radius 1 is 1.31 bits per heavy atom. The lowest BCUT2D eigenvalue weighted by molar-refractivity contribution is -0.274. The third kappa shape index (κ3) is 5.41. The standard InChI is InChI=1S/C20H17ClF4N6O5/c1-8(17-28-15(30-36-17)10-3-4-11(21)14(5-10)35-20(23,24)25)27-18-26-6-12(22)16(29-18)31-13(9(2)32)7-34-19(31)33/h3-6,8-9,13,32H,7H2,1-2H3,(H,26,27,29)/t8-,9-,13-/m1/s1. The zero-order valence-corrected chi connectivity index (χ0v) is 19.2. The summed E-state index contributed by atoms with van der Waals surface area (Å²) in [6.45, 7) is 2.85. The second-order valence-corrected chi connectivity index (χ2v) is 8.04. The minimum Gasteiger partial charge on any atom is -0.447 e. The van der Waals surface area contributed by atoms with Crippen LogP contribution in [0.5, 0.6) is 5.75 Å². The molecular weight excluding hydrogens is 516 g/mol. The highest BCUT2D eigenvalue weighted by molar-refractivity contribution is 6.32. The van der Waals surface area contributed by atoms with Crippen LogP contribution in [0.4, 0.5) is 34.1 Å². The van der Waals surface area contributed by atoms with Crippen molar-refractivity contribution < 1.29 is 41.5 Å². The number of carbonyl (C=O) groups is 1. The molecule has 16 heteroatoms. The van der Waals surface area contributed by atoms with Crippen molar-refractivity contribution in [1.82, 2.24) is 20.1 Å². The molecular formula is C20H17ClF4N6O5. The smallest absolute Gasteiger partial charge is 0.447 e. The first-order valence-electron chi connectivity index (χ1n) is 10.3. The van der Waals surface area contributed by atoms with Gasteiger partial charge in [-0.3, -0.25) is 0 Å². The van der Waals surface area contributed by atoms with Gasteiger partial charge in [-0.2, -0.15) is 9.97 Å². The van der Waals surface area contributed by atoms with E-state index in [4.69, 9.17) is 20.9 Å². The summed E-state index contributed by atoms with van der Waals surface area (Å²) in [5.74, 6) is -2.13. The van der Waals surface area contributed by atoms with Crippen LogP contribution >= 0.6 is 11.6 Å². The molecule has 3 aromatic rings. The quantitative estimate of drug-likeness (QED) is 0.428. The fraction of sp³-hybridized carbons (Fsp3) is 0.350. The number of hydrogen-bond acceptors (Lipinski definition) is 10. The molecule has 1 aliphatic rings.